The van der Waals surface area contributed by atoms with Gasteiger partial charge in [0.15, 0.2) is 9.84 Å². The van der Waals surface area contributed by atoms with Gasteiger partial charge in [-0.1, -0.05) is 30.3 Å². The summed E-state index contributed by atoms with van der Waals surface area (Å²) in [5.74, 6) is 0.829. The van der Waals surface area contributed by atoms with Crippen molar-refractivity contribution < 1.29 is 13.2 Å². The fraction of sp³-hybridized carbons (Fsp3) is 0.650. The summed E-state index contributed by atoms with van der Waals surface area (Å²) in [6.45, 7) is 4.99. The lowest BCUT2D eigenvalue weighted by atomic mass is 10.0. The van der Waals surface area contributed by atoms with Gasteiger partial charge in [-0.05, 0) is 24.8 Å². The molecule has 0 aliphatic carbocycles. The van der Waals surface area contributed by atoms with Crippen LogP contribution in [0.3, 0.4) is 0 Å². The van der Waals surface area contributed by atoms with Gasteiger partial charge in [0.1, 0.15) is 6.04 Å². The van der Waals surface area contributed by atoms with Gasteiger partial charge in [0.2, 0.25) is 5.91 Å². The topological polar surface area (TPSA) is 60.9 Å². The fourth-order valence-electron chi connectivity index (χ4n) is 4.68. The second kappa shape index (κ2) is 7.89. The second-order valence-electron chi connectivity index (χ2n) is 7.97. The first-order valence-corrected chi connectivity index (χ1v) is 11.9. The number of carbonyl (C=O) groups excluding carboxylic acids is 1. The predicted octanol–water partition coefficient (Wildman–Crippen LogP) is 1.15. The molecule has 1 amide bonds. The van der Waals surface area contributed by atoms with Crippen LogP contribution in [0, 0.1) is 0 Å². The molecule has 0 aromatic heterocycles. The Morgan fingerprint density at radius 3 is 2.22 bits per heavy atom. The zero-order chi connectivity index (χ0) is 18.9. The van der Waals surface area contributed by atoms with Gasteiger partial charge in [0.25, 0.3) is 0 Å². The largest absolute Gasteiger partial charge is 0.341 e. The molecule has 0 unspecified atom stereocenters. The van der Waals surface area contributed by atoms with E-state index in [0.29, 0.717) is 11.5 Å². The lowest BCUT2D eigenvalue weighted by molar-refractivity contribution is -0.137. The lowest BCUT2D eigenvalue weighted by Gasteiger charge is -2.41. The maximum absolute atomic E-state index is 13.3. The summed E-state index contributed by atoms with van der Waals surface area (Å²) < 4.78 is 23.6. The highest BCUT2D eigenvalue weighted by Gasteiger charge is 2.37. The first-order valence-electron chi connectivity index (χ1n) is 10.1. The highest BCUT2D eigenvalue weighted by atomic mass is 32.2. The Hall–Kier alpha value is -1.44. The van der Waals surface area contributed by atoms with E-state index < -0.39 is 9.84 Å². The molecular weight excluding hydrogens is 362 g/mol. The minimum Gasteiger partial charge on any atom is -0.341 e. The average molecular weight is 392 g/mol. The molecular formula is C20H29N3O3S. The van der Waals surface area contributed by atoms with E-state index in [9.17, 15) is 13.2 Å². The van der Waals surface area contributed by atoms with Crippen molar-refractivity contribution >= 4 is 15.7 Å². The van der Waals surface area contributed by atoms with Gasteiger partial charge in [0, 0.05) is 45.3 Å². The molecule has 0 bridgehead atoms. The lowest BCUT2D eigenvalue weighted by Crippen LogP contribution is -2.54. The SMILES string of the molecule is O=C([C@H](c1ccccc1)N1CCN([C@@H]2CCS(=O)(=O)C2)CC1)N1CCCC1. The van der Waals surface area contributed by atoms with Crippen LogP contribution in [0.5, 0.6) is 0 Å². The smallest absolute Gasteiger partial charge is 0.244 e. The van der Waals surface area contributed by atoms with Crippen molar-refractivity contribution in [3.8, 4) is 0 Å². The van der Waals surface area contributed by atoms with Crippen molar-refractivity contribution in [2.45, 2.75) is 31.3 Å². The van der Waals surface area contributed by atoms with Crippen molar-refractivity contribution in [3.05, 3.63) is 35.9 Å². The number of hydrogen-bond acceptors (Lipinski definition) is 5. The molecule has 0 radical (unpaired) electrons. The number of sulfone groups is 1. The molecule has 6 nitrogen and oxygen atoms in total. The Labute approximate surface area is 162 Å². The molecule has 2 atom stereocenters. The number of piperazine rings is 1. The standard InChI is InChI=1S/C20H29N3O3S/c24-20(23-9-4-5-10-23)19(17-6-2-1-3-7-17)22-13-11-21(12-14-22)18-8-15-27(25,26)16-18/h1-3,6-7,18-19H,4-5,8-16H2/t18-,19+/m1/s1. The summed E-state index contributed by atoms with van der Waals surface area (Å²) in [7, 11) is -2.86. The Kier molecular flexibility index (Phi) is 5.53. The number of amides is 1. The number of likely N-dealkylation sites (tertiary alicyclic amines) is 1. The van der Waals surface area contributed by atoms with Gasteiger partial charge in [-0.25, -0.2) is 8.42 Å². The van der Waals surface area contributed by atoms with Crippen LogP contribution in [-0.2, 0) is 14.6 Å². The third-order valence-electron chi connectivity index (χ3n) is 6.21. The normalized spacial score (nSPS) is 27.7. The van der Waals surface area contributed by atoms with E-state index >= 15 is 0 Å². The van der Waals surface area contributed by atoms with Crippen LogP contribution in [0.25, 0.3) is 0 Å². The number of rotatable bonds is 4. The first-order chi connectivity index (χ1) is 13.0. The molecule has 3 aliphatic rings. The molecule has 3 heterocycles. The molecule has 148 valence electrons. The fourth-order valence-corrected chi connectivity index (χ4v) is 6.44. The zero-order valence-electron chi connectivity index (χ0n) is 15.8. The van der Waals surface area contributed by atoms with E-state index in [-0.39, 0.29) is 18.0 Å². The number of nitrogens with zero attached hydrogens (tertiary/aromatic N) is 3. The van der Waals surface area contributed by atoms with Crippen molar-refractivity contribution in [1.29, 1.82) is 0 Å². The summed E-state index contributed by atoms with van der Waals surface area (Å²) in [4.78, 5) is 19.9. The van der Waals surface area contributed by atoms with Gasteiger partial charge in [-0.15, -0.1) is 0 Å². The van der Waals surface area contributed by atoms with Crippen LogP contribution >= 0.6 is 0 Å². The number of carbonyl (C=O) groups is 1. The highest BCUT2D eigenvalue weighted by molar-refractivity contribution is 7.91. The quantitative estimate of drug-likeness (QED) is 0.771. The third kappa shape index (κ3) is 4.20. The summed E-state index contributed by atoms with van der Waals surface area (Å²) in [6.07, 6.45) is 2.94. The van der Waals surface area contributed by atoms with Crippen LogP contribution in [0.4, 0.5) is 0 Å². The van der Waals surface area contributed by atoms with E-state index in [1.165, 1.54) is 0 Å². The monoisotopic (exact) mass is 391 g/mol. The van der Waals surface area contributed by atoms with Crippen molar-refractivity contribution in [2.75, 3.05) is 50.8 Å². The number of benzene rings is 1. The molecule has 4 rings (SSSR count). The van der Waals surface area contributed by atoms with E-state index in [0.717, 1.165) is 64.1 Å². The van der Waals surface area contributed by atoms with E-state index in [4.69, 9.17) is 0 Å². The molecule has 0 spiro atoms. The van der Waals surface area contributed by atoms with E-state index in [1.807, 2.05) is 23.1 Å². The van der Waals surface area contributed by atoms with Gasteiger partial charge in [-0.3, -0.25) is 14.6 Å². The third-order valence-corrected chi connectivity index (χ3v) is 7.96. The van der Waals surface area contributed by atoms with Crippen LogP contribution in [-0.4, -0.2) is 85.8 Å². The van der Waals surface area contributed by atoms with Crippen molar-refractivity contribution in [1.82, 2.24) is 14.7 Å². The molecule has 3 saturated heterocycles. The summed E-state index contributed by atoms with van der Waals surface area (Å²) >= 11 is 0. The van der Waals surface area contributed by atoms with E-state index in [1.54, 1.807) is 0 Å². The van der Waals surface area contributed by atoms with Crippen molar-refractivity contribution in [2.24, 2.45) is 0 Å². The number of hydrogen-bond donors (Lipinski definition) is 0. The van der Waals surface area contributed by atoms with Gasteiger partial charge >= 0.3 is 0 Å². The zero-order valence-corrected chi connectivity index (χ0v) is 16.6. The van der Waals surface area contributed by atoms with Crippen LogP contribution < -0.4 is 0 Å². The highest BCUT2D eigenvalue weighted by Crippen LogP contribution is 2.28. The maximum Gasteiger partial charge on any atom is 0.244 e. The summed E-state index contributed by atoms with van der Waals surface area (Å²) in [6, 6.07) is 10.0. The van der Waals surface area contributed by atoms with Crippen molar-refractivity contribution in [3.63, 3.8) is 0 Å². The summed E-state index contributed by atoms with van der Waals surface area (Å²) in [5, 5.41) is 0. The van der Waals surface area contributed by atoms with Gasteiger partial charge in [0.05, 0.1) is 11.5 Å². The molecule has 3 aliphatic heterocycles. The molecule has 0 N–H and O–H groups in total. The first kappa shape index (κ1) is 18.9. The molecule has 0 saturated carbocycles. The van der Waals surface area contributed by atoms with Crippen LogP contribution in [0.1, 0.15) is 30.9 Å². The van der Waals surface area contributed by atoms with Crippen LogP contribution in [0.15, 0.2) is 30.3 Å². The predicted molar refractivity (Wildman–Crippen MR) is 105 cm³/mol. The Balaban J connectivity index is 1.46. The maximum atomic E-state index is 13.3. The molecule has 7 heteroatoms. The molecule has 27 heavy (non-hydrogen) atoms. The average Bonchev–Trinajstić information content (AvgIpc) is 3.33. The van der Waals surface area contributed by atoms with Crippen LogP contribution in [0.2, 0.25) is 0 Å². The molecule has 1 aromatic carbocycles. The minimum atomic E-state index is -2.86. The van der Waals surface area contributed by atoms with Gasteiger partial charge in [-0.2, -0.15) is 0 Å². The Bertz CT molecular complexity index is 754. The van der Waals surface area contributed by atoms with E-state index in [2.05, 4.69) is 21.9 Å². The Morgan fingerprint density at radius 2 is 1.63 bits per heavy atom. The molecule has 1 aromatic rings. The summed E-state index contributed by atoms with van der Waals surface area (Å²) in [5.41, 5.74) is 1.06. The second-order valence-corrected chi connectivity index (χ2v) is 10.2. The minimum absolute atomic E-state index is 0.154. The molecule has 3 fully saturated rings. The Morgan fingerprint density at radius 1 is 0.963 bits per heavy atom. The van der Waals surface area contributed by atoms with Gasteiger partial charge < -0.3 is 4.90 Å².